The lowest BCUT2D eigenvalue weighted by molar-refractivity contribution is 0.0722. The largest absolute Gasteiger partial charge is 0.394 e. The number of aliphatic hydroxyl groups is 1. The third kappa shape index (κ3) is 1.83. The molecule has 0 radical (unpaired) electrons. The Bertz CT molecular complexity index is 281. The van der Waals surface area contributed by atoms with E-state index in [1.54, 1.807) is 18.6 Å². The van der Waals surface area contributed by atoms with Gasteiger partial charge in [-0.2, -0.15) is 0 Å². The van der Waals surface area contributed by atoms with Gasteiger partial charge in [0.1, 0.15) is 5.82 Å². The van der Waals surface area contributed by atoms with Gasteiger partial charge in [0.15, 0.2) is 0 Å². The van der Waals surface area contributed by atoms with Crippen LogP contribution in [0.15, 0.2) is 18.6 Å². The summed E-state index contributed by atoms with van der Waals surface area (Å²) in [6.07, 6.45) is 4.99. The summed E-state index contributed by atoms with van der Waals surface area (Å²) in [4.78, 5) is 10.2. The van der Waals surface area contributed by atoms with E-state index >= 15 is 0 Å². The van der Waals surface area contributed by atoms with Crippen molar-refractivity contribution in [1.82, 2.24) is 9.97 Å². The number of aromatic nitrogens is 2. The average Bonchev–Trinajstić information content (AvgIpc) is 2.30. The fourth-order valence-corrected chi connectivity index (χ4v) is 1.55. The van der Waals surface area contributed by atoms with Gasteiger partial charge in [0.25, 0.3) is 0 Å². The maximum atomic E-state index is 9.15. The second-order valence-corrected chi connectivity index (χ2v) is 3.17. The van der Waals surface area contributed by atoms with Crippen molar-refractivity contribution in [2.75, 3.05) is 31.3 Å². The molecule has 0 aromatic carbocycles. The molecule has 1 fully saturated rings. The van der Waals surface area contributed by atoms with E-state index < -0.39 is 0 Å². The highest BCUT2D eigenvalue weighted by molar-refractivity contribution is 5.37. The summed E-state index contributed by atoms with van der Waals surface area (Å²) in [7, 11) is 0. The zero-order chi connectivity index (χ0) is 9.80. The number of aliphatic hydroxyl groups excluding tert-OH is 1. The van der Waals surface area contributed by atoms with Crippen LogP contribution in [-0.2, 0) is 4.74 Å². The molecule has 0 saturated carbocycles. The first-order valence-corrected chi connectivity index (χ1v) is 4.63. The van der Waals surface area contributed by atoms with Gasteiger partial charge in [0.2, 0.25) is 0 Å². The molecule has 76 valence electrons. The third-order valence-corrected chi connectivity index (χ3v) is 2.28. The smallest absolute Gasteiger partial charge is 0.147 e. The first-order valence-electron chi connectivity index (χ1n) is 4.63. The highest BCUT2D eigenvalue weighted by Gasteiger charge is 2.23. The molecule has 1 aromatic heterocycles. The van der Waals surface area contributed by atoms with E-state index in [2.05, 4.69) is 9.97 Å². The average molecular weight is 195 g/mol. The zero-order valence-corrected chi connectivity index (χ0v) is 7.83. The Hall–Kier alpha value is -1.20. The molecule has 0 spiro atoms. The molecule has 1 aromatic rings. The number of rotatable bonds is 2. The van der Waals surface area contributed by atoms with Crippen LogP contribution in [0.25, 0.3) is 0 Å². The van der Waals surface area contributed by atoms with Crippen LogP contribution in [0.5, 0.6) is 0 Å². The fraction of sp³-hybridized carbons (Fsp3) is 0.556. The van der Waals surface area contributed by atoms with Crippen LogP contribution in [0, 0.1) is 0 Å². The molecule has 1 unspecified atom stereocenters. The first-order chi connectivity index (χ1) is 6.92. The van der Waals surface area contributed by atoms with E-state index in [4.69, 9.17) is 9.84 Å². The highest BCUT2D eigenvalue weighted by atomic mass is 16.5. The van der Waals surface area contributed by atoms with Crippen LogP contribution in [0.1, 0.15) is 0 Å². The zero-order valence-electron chi connectivity index (χ0n) is 7.83. The minimum absolute atomic E-state index is 0.000417. The van der Waals surface area contributed by atoms with E-state index in [1.807, 2.05) is 4.90 Å². The van der Waals surface area contributed by atoms with E-state index in [0.29, 0.717) is 13.2 Å². The first kappa shape index (κ1) is 9.36. The van der Waals surface area contributed by atoms with Gasteiger partial charge in [-0.1, -0.05) is 0 Å². The van der Waals surface area contributed by atoms with E-state index in [9.17, 15) is 0 Å². The number of hydrogen-bond donors (Lipinski definition) is 1. The summed E-state index contributed by atoms with van der Waals surface area (Å²) in [5, 5.41) is 9.15. The van der Waals surface area contributed by atoms with Crippen molar-refractivity contribution in [2.45, 2.75) is 6.04 Å². The van der Waals surface area contributed by atoms with E-state index in [0.717, 1.165) is 12.4 Å². The summed E-state index contributed by atoms with van der Waals surface area (Å²) < 4.78 is 5.27. The Morgan fingerprint density at radius 1 is 1.57 bits per heavy atom. The van der Waals surface area contributed by atoms with E-state index in [-0.39, 0.29) is 12.6 Å². The topological polar surface area (TPSA) is 58.5 Å². The molecular weight excluding hydrogens is 182 g/mol. The van der Waals surface area contributed by atoms with Crippen LogP contribution in [0.4, 0.5) is 5.82 Å². The van der Waals surface area contributed by atoms with Gasteiger partial charge in [-0.3, -0.25) is 4.98 Å². The number of hydrogen-bond acceptors (Lipinski definition) is 5. The molecule has 2 rings (SSSR count). The normalized spacial score (nSPS) is 22.4. The maximum Gasteiger partial charge on any atom is 0.147 e. The molecule has 1 aliphatic heterocycles. The van der Waals surface area contributed by atoms with Gasteiger partial charge in [0, 0.05) is 18.9 Å². The monoisotopic (exact) mass is 195 g/mol. The fourth-order valence-electron chi connectivity index (χ4n) is 1.55. The van der Waals surface area contributed by atoms with Gasteiger partial charge in [-0.05, 0) is 0 Å². The minimum Gasteiger partial charge on any atom is -0.394 e. The molecule has 0 aliphatic carbocycles. The molecule has 5 heteroatoms. The Morgan fingerprint density at radius 2 is 2.50 bits per heavy atom. The van der Waals surface area contributed by atoms with Gasteiger partial charge >= 0.3 is 0 Å². The quantitative estimate of drug-likeness (QED) is 0.700. The lowest BCUT2D eigenvalue weighted by Crippen LogP contribution is -2.48. The maximum absolute atomic E-state index is 9.15. The van der Waals surface area contributed by atoms with Crippen molar-refractivity contribution < 1.29 is 9.84 Å². The van der Waals surface area contributed by atoms with Crippen molar-refractivity contribution in [3.63, 3.8) is 0 Å². The molecule has 0 bridgehead atoms. The molecule has 1 saturated heterocycles. The van der Waals surface area contributed by atoms with E-state index in [1.165, 1.54) is 0 Å². The summed E-state index contributed by atoms with van der Waals surface area (Å²) >= 11 is 0. The van der Waals surface area contributed by atoms with Crippen molar-refractivity contribution in [3.8, 4) is 0 Å². The molecule has 2 heterocycles. The Balaban J connectivity index is 2.15. The van der Waals surface area contributed by atoms with Crippen LogP contribution in [0.3, 0.4) is 0 Å². The number of anilines is 1. The van der Waals surface area contributed by atoms with Crippen molar-refractivity contribution in [1.29, 1.82) is 0 Å². The molecule has 1 aliphatic rings. The van der Waals surface area contributed by atoms with Crippen LogP contribution in [0.2, 0.25) is 0 Å². The van der Waals surface area contributed by atoms with Crippen LogP contribution in [-0.4, -0.2) is 47.5 Å². The standard InChI is InChI=1S/C9H13N3O2/c13-6-8-7-14-4-3-12(8)9-5-10-1-2-11-9/h1-2,5,8,13H,3-4,6-7H2. The van der Waals surface area contributed by atoms with Crippen LogP contribution >= 0.6 is 0 Å². The van der Waals surface area contributed by atoms with Crippen molar-refractivity contribution >= 4 is 5.82 Å². The Morgan fingerprint density at radius 3 is 3.21 bits per heavy atom. The third-order valence-electron chi connectivity index (χ3n) is 2.28. The summed E-state index contributed by atoms with van der Waals surface area (Å²) in [5.74, 6) is 0.801. The SMILES string of the molecule is OCC1COCCN1c1cnccn1. The second kappa shape index (κ2) is 4.34. The number of ether oxygens (including phenoxy) is 1. The molecule has 1 atom stereocenters. The summed E-state index contributed by atoms with van der Waals surface area (Å²) in [5.41, 5.74) is 0. The molecule has 5 nitrogen and oxygen atoms in total. The molecule has 0 amide bonds. The van der Waals surface area contributed by atoms with Crippen molar-refractivity contribution in [3.05, 3.63) is 18.6 Å². The van der Waals surface area contributed by atoms with Gasteiger partial charge in [-0.15, -0.1) is 0 Å². The van der Waals surface area contributed by atoms with Crippen LogP contribution < -0.4 is 4.90 Å². The second-order valence-electron chi connectivity index (χ2n) is 3.17. The molecular formula is C9H13N3O2. The number of morpholine rings is 1. The lowest BCUT2D eigenvalue weighted by atomic mass is 10.2. The predicted molar refractivity (Wildman–Crippen MR) is 51.1 cm³/mol. The Kier molecular flexibility index (Phi) is 2.90. The van der Waals surface area contributed by atoms with Gasteiger partial charge < -0.3 is 14.7 Å². The molecule has 14 heavy (non-hydrogen) atoms. The van der Waals surface area contributed by atoms with Gasteiger partial charge in [-0.25, -0.2) is 4.98 Å². The number of nitrogens with zero attached hydrogens (tertiary/aromatic N) is 3. The Labute approximate surface area is 82.4 Å². The summed E-state index contributed by atoms with van der Waals surface area (Å²) in [6.45, 7) is 2.06. The summed E-state index contributed by atoms with van der Waals surface area (Å²) in [6, 6.07) is 0.000417. The molecule has 1 N–H and O–H groups in total. The van der Waals surface area contributed by atoms with Crippen molar-refractivity contribution in [2.24, 2.45) is 0 Å². The lowest BCUT2D eigenvalue weighted by Gasteiger charge is -2.34. The predicted octanol–water partition coefficient (Wildman–Crippen LogP) is -0.326. The van der Waals surface area contributed by atoms with Gasteiger partial charge in [0.05, 0.1) is 32.1 Å². The minimum atomic E-state index is 0.000417. The highest BCUT2D eigenvalue weighted by Crippen LogP contribution is 2.14.